The van der Waals surface area contributed by atoms with E-state index >= 15 is 0 Å². The lowest BCUT2D eigenvalue weighted by atomic mass is 10.1. The molecule has 0 amide bonds. The SMILES string of the molecule is CCc1cc(-c2cc3sc(-c4cc(C)c(C=C(C#N)C#N)s4)cc3s2)sc1C=C(C#N)C#N. The first kappa shape index (κ1) is 22.7. The number of thiophene rings is 4. The van der Waals surface area contributed by atoms with E-state index in [2.05, 4.69) is 31.2 Å². The molecule has 158 valence electrons. The lowest BCUT2D eigenvalue weighted by molar-refractivity contribution is 1.15. The van der Waals surface area contributed by atoms with Crippen LogP contribution in [0.5, 0.6) is 0 Å². The summed E-state index contributed by atoms with van der Waals surface area (Å²) in [4.78, 5) is 6.51. The Balaban J connectivity index is 1.68. The third-order valence-corrected chi connectivity index (χ3v) is 9.90. The highest BCUT2D eigenvalue weighted by atomic mass is 32.1. The Kier molecular flexibility index (Phi) is 6.57. The standard InChI is InChI=1S/C25H14N4S4/c1-3-17-7-21(31-19(17)6-16(12-28)13-29)23-9-25-24(33-23)8-22(32-25)20-4-14(2)18(30-20)5-15(10-26)11-27/h4-9H,3H2,1-2H3. The van der Waals surface area contributed by atoms with Gasteiger partial charge in [0.25, 0.3) is 0 Å². The Hall–Kier alpha value is -3.50. The van der Waals surface area contributed by atoms with Crippen LogP contribution in [-0.2, 0) is 6.42 Å². The minimum atomic E-state index is 0.108. The first-order valence-corrected chi connectivity index (χ1v) is 13.1. The van der Waals surface area contributed by atoms with Gasteiger partial charge in [-0.25, -0.2) is 0 Å². The molecule has 0 bridgehead atoms. The Labute approximate surface area is 207 Å². The largest absolute Gasteiger partial charge is 0.192 e. The average molecular weight is 499 g/mol. The third-order valence-electron chi connectivity index (χ3n) is 4.90. The summed E-state index contributed by atoms with van der Waals surface area (Å²) in [6, 6.07) is 16.4. The van der Waals surface area contributed by atoms with E-state index in [1.54, 1.807) is 57.5 Å². The summed E-state index contributed by atoms with van der Waals surface area (Å²) in [6.07, 6.45) is 4.16. The molecular formula is C25H14N4S4. The smallest absolute Gasteiger partial charge is 0.131 e. The molecule has 8 heteroatoms. The van der Waals surface area contributed by atoms with Crippen molar-refractivity contribution < 1.29 is 0 Å². The molecule has 0 aliphatic carbocycles. The number of nitriles is 4. The van der Waals surface area contributed by atoms with Crippen molar-refractivity contribution in [2.45, 2.75) is 20.3 Å². The molecule has 4 rings (SSSR count). The third kappa shape index (κ3) is 4.53. The van der Waals surface area contributed by atoms with E-state index in [0.29, 0.717) is 0 Å². The van der Waals surface area contributed by atoms with Crippen LogP contribution in [0.25, 0.3) is 41.1 Å². The average Bonchev–Trinajstić information content (AvgIpc) is 3.57. The van der Waals surface area contributed by atoms with Gasteiger partial charge in [0.15, 0.2) is 0 Å². The molecule has 0 aliphatic rings. The second-order valence-corrected chi connectivity index (χ2v) is 11.4. The summed E-state index contributed by atoms with van der Waals surface area (Å²) < 4.78 is 2.42. The molecule has 0 fully saturated rings. The van der Waals surface area contributed by atoms with Crippen LogP contribution < -0.4 is 0 Å². The normalized spacial score (nSPS) is 10.1. The van der Waals surface area contributed by atoms with Crippen molar-refractivity contribution >= 4 is 66.9 Å². The van der Waals surface area contributed by atoms with Crippen LogP contribution in [0, 0.1) is 52.2 Å². The molecular weight excluding hydrogens is 485 g/mol. The quantitative estimate of drug-likeness (QED) is 0.259. The molecule has 0 spiro atoms. The topological polar surface area (TPSA) is 95.2 Å². The Morgan fingerprint density at radius 3 is 1.67 bits per heavy atom. The zero-order valence-electron chi connectivity index (χ0n) is 17.6. The van der Waals surface area contributed by atoms with Crippen molar-refractivity contribution in [3.8, 4) is 43.8 Å². The van der Waals surface area contributed by atoms with Crippen molar-refractivity contribution in [1.29, 1.82) is 21.0 Å². The van der Waals surface area contributed by atoms with E-state index in [4.69, 9.17) is 21.0 Å². The molecule has 4 nitrogen and oxygen atoms in total. The highest BCUT2D eigenvalue weighted by molar-refractivity contribution is 7.33. The zero-order chi connectivity index (χ0) is 23.5. The van der Waals surface area contributed by atoms with Gasteiger partial charge >= 0.3 is 0 Å². The number of allylic oxidation sites excluding steroid dienone is 2. The van der Waals surface area contributed by atoms with E-state index in [0.717, 1.165) is 37.1 Å². The lowest BCUT2D eigenvalue weighted by Gasteiger charge is -1.91. The first-order valence-electron chi connectivity index (χ1n) is 9.80. The van der Waals surface area contributed by atoms with Gasteiger partial charge in [-0.1, -0.05) is 6.92 Å². The summed E-state index contributed by atoms with van der Waals surface area (Å²) in [5.41, 5.74) is 2.42. The Morgan fingerprint density at radius 1 is 0.697 bits per heavy atom. The van der Waals surface area contributed by atoms with Crippen LogP contribution in [0.1, 0.15) is 27.8 Å². The first-order chi connectivity index (χ1) is 16.0. The predicted molar refractivity (Wildman–Crippen MR) is 139 cm³/mol. The molecule has 0 saturated heterocycles. The van der Waals surface area contributed by atoms with Crippen molar-refractivity contribution in [3.05, 3.63) is 56.3 Å². The van der Waals surface area contributed by atoms with Gasteiger partial charge in [0.1, 0.15) is 35.4 Å². The van der Waals surface area contributed by atoms with Gasteiger partial charge in [-0.05, 0) is 60.9 Å². The van der Waals surface area contributed by atoms with Crippen LogP contribution in [0.4, 0.5) is 0 Å². The van der Waals surface area contributed by atoms with Crippen LogP contribution in [0.15, 0.2) is 35.4 Å². The van der Waals surface area contributed by atoms with Crippen LogP contribution in [-0.4, -0.2) is 0 Å². The van der Waals surface area contributed by atoms with E-state index < -0.39 is 0 Å². The van der Waals surface area contributed by atoms with Crippen LogP contribution in [0.2, 0.25) is 0 Å². The van der Waals surface area contributed by atoms with E-state index in [1.165, 1.54) is 19.2 Å². The molecule has 0 saturated carbocycles. The highest BCUT2D eigenvalue weighted by Crippen LogP contribution is 2.46. The number of aryl methyl sites for hydroxylation is 2. The van der Waals surface area contributed by atoms with Gasteiger partial charge in [-0.15, -0.1) is 45.3 Å². The van der Waals surface area contributed by atoms with Gasteiger partial charge in [-0.3, -0.25) is 0 Å². The van der Waals surface area contributed by atoms with Gasteiger partial charge in [0.05, 0.1) is 0 Å². The van der Waals surface area contributed by atoms with Gasteiger partial charge in [0, 0.05) is 38.7 Å². The second-order valence-electron chi connectivity index (χ2n) is 7.02. The van der Waals surface area contributed by atoms with Crippen molar-refractivity contribution in [3.63, 3.8) is 0 Å². The fraction of sp³-hybridized carbons (Fsp3) is 0.120. The Bertz CT molecular complexity index is 1540. The molecule has 0 aromatic carbocycles. The summed E-state index contributed by atoms with van der Waals surface area (Å²) in [5, 5.41) is 36.2. The molecule has 33 heavy (non-hydrogen) atoms. The summed E-state index contributed by atoms with van der Waals surface area (Å²) >= 11 is 6.66. The number of rotatable bonds is 5. The fourth-order valence-corrected chi connectivity index (χ4v) is 8.10. The second kappa shape index (κ2) is 9.55. The van der Waals surface area contributed by atoms with Crippen LogP contribution >= 0.6 is 45.3 Å². The molecule has 0 atom stereocenters. The van der Waals surface area contributed by atoms with Crippen molar-refractivity contribution in [1.82, 2.24) is 0 Å². The number of hydrogen-bond acceptors (Lipinski definition) is 8. The van der Waals surface area contributed by atoms with E-state index in [-0.39, 0.29) is 11.1 Å². The number of hydrogen-bond donors (Lipinski definition) is 0. The highest BCUT2D eigenvalue weighted by Gasteiger charge is 2.15. The van der Waals surface area contributed by atoms with E-state index in [1.807, 2.05) is 31.2 Å². The zero-order valence-corrected chi connectivity index (χ0v) is 20.9. The minimum Gasteiger partial charge on any atom is -0.192 e. The molecule has 0 N–H and O–H groups in total. The molecule has 0 radical (unpaired) electrons. The monoisotopic (exact) mass is 498 g/mol. The van der Waals surface area contributed by atoms with Gasteiger partial charge in [0.2, 0.25) is 0 Å². The van der Waals surface area contributed by atoms with Crippen molar-refractivity contribution in [2.75, 3.05) is 0 Å². The molecule has 0 unspecified atom stereocenters. The minimum absolute atomic E-state index is 0.108. The number of fused-ring (bicyclic) bond motifs is 1. The molecule has 0 aliphatic heterocycles. The predicted octanol–water partition coefficient (Wildman–Crippen LogP) is 8.15. The maximum Gasteiger partial charge on any atom is 0.131 e. The summed E-state index contributed by atoms with van der Waals surface area (Å²) in [7, 11) is 0. The van der Waals surface area contributed by atoms with Gasteiger partial charge in [-0.2, -0.15) is 21.0 Å². The lowest BCUT2D eigenvalue weighted by Crippen LogP contribution is -1.79. The Morgan fingerprint density at radius 2 is 1.15 bits per heavy atom. The molecule has 4 aromatic rings. The molecule has 4 aromatic heterocycles. The maximum absolute atomic E-state index is 9.09. The van der Waals surface area contributed by atoms with E-state index in [9.17, 15) is 0 Å². The summed E-state index contributed by atoms with van der Waals surface area (Å²) in [6.45, 7) is 4.06. The fourth-order valence-electron chi connectivity index (χ4n) is 3.24. The van der Waals surface area contributed by atoms with Crippen molar-refractivity contribution in [2.24, 2.45) is 0 Å². The van der Waals surface area contributed by atoms with Gasteiger partial charge < -0.3 is 0 Å². The number of nitrogens with zero attached hydrogens (tertiary/aromatic N) is 4. The summed E-state index contributed by atoms with van der Waals surface area (Å²) in [5.74, 6) is 0. The molecule has 4 heterocycles. The maximum atomic E-state index is 9.09. The van der Waals surface area contributed by atoms with Crippen LogP contribution in [0.3, 0.4) is 0 Å².